The number of benzene rings is 1. The Morgan fingerprint density at radius 3 is 2.59 bits per heavy atom. The molecule has 1 amide bonds. The molecule has 2 aliphatic rings. The average Bonchev–Trinajstić information content (AvgIpc) is 2.97. The van der Waals surface area contributed by atoms with E-state index in [9.17, 15) is 4.79 Å². The second-order valence-corrected chi connectivity index (χ2v) is 6.64. The van der Waals surface area contributed by atoms with Gasteiger partial charge in [-0.3, -0.25) is 9.69 Å². The fourth-order valence-electron chi connectivity index (χ4n) is 3.68. The number of fused-ring (bicyclic) bond motifs is 1. The maximum atomic E-state index is 12.1. The minimum Gasteiger partial charge on any atom is -0.497 e. The maximum Gasteiger partial charge on any atom is 0.225 e. The van der Waals surface area contributed by atoms with Gasteiger partial charge in [0.25, 0.3) is 0 Å². The van der Waals surface area contributed by atoms with Crippen molar-refractivity contribution in [1.82, 2.24) is 9.80 Å². The maximum absolute atomic E-state index is 12.1. The summed E-state index contributed by atoms with van der Waals surface area (Å²) in [4.78, 5) is 16.7. The molecule has 1 atom stereocenters. The Morgan fingerprint density at radius 1 is 1.23 bits per heavy atom. The number of ether oxygens (including phenoxy) is 1. The van der Waals surface area contributed by atoms with Crippen LogP contribution in [0.4, 0.5) is 0 Å². The van der Waals surface area contributed by atoms with E-state index in [-0.39, 0.29) is 11.8 Å². The van der Waals surface area contributed by atoms with Gasteiger partial charge in [0.15, 0.2) is 0 Å². The van der Waals surface area contributed by atoms with E-state index in [0.717, 1.165) is 38.3 Å². The molecular formula is C18H26N2O2. The molecular weight excluding hydrogens is 276 g/mol. The number of methoxy groups -OCH3 is 1. The molecule has 0 unspecified atom stereocenters. The van der Waals surface area contributed by atoms with Crippen molar-refractivity contribution in [3.63, 3.8) is 0 Å². The minimum absolute atomic E-state index is 0.100. The highest BCUT2D eigenvalue weighted by molar-refractivity contribution is 5.78. The molecule has 1 aromatic carbocycles. The second kappa shape index (κ2) is 6.29. The molecule has 1 aromatic rings. The first kappa shape index (κ1) is 15.3. The Kier molecular flexibility index (Phi) is 4.39. The van der Waals surface area contributed by atoms with Crippen LogP contribution in [0.15, 0.2) is 18.2 Å². The molecule has 0 spiro atoms. The van der Waals surface area contributed by atoms with Gasteiger partial charge in [-0.15, -0.1) is 0 Å². The van der Waals surface area contributed by atoms with E-state index >= 15 is 0 Å². The molecule has 1 aliphatic carbocycles. The van der Waals surface area contributed by atoms with Crippen molar-refractivity contribution in [1.29, 1.82) is 0 Å². The van der Waals surface area contributed by atoms with Gasteiger partial charge < -0.3 is 9.64 Å². The first-order valence-electron chi connectivity index (χ1n) is 8.30. The summed E-state index contributed by atoms with van der Waals surface area (Å²) in [5, 5.41) is 0. The van der Waals surface area contributed by atoms with Crippen LogP contribution in [0, 0.1) is 5.92 Å². The molecule has 22 heavy (non-hydrogen) atoms. The summed E-state index contributed by atoms with van der Waals surface area (Å²) < 4.78 is 5.38. The van der Waals surface area contributed by atoms with E-state index in [2.05, 4.69) is 23.1 Å². The molecule has 0 saturated carbocycles. The third-order valence-electron chi connectivity index (χ3n) is 4.96. The number of hydrogen-bond donors (Lipinski definition) is 0. The zero-order valence-corrected chi connectivity index (χ0v) is 13.8. The van der Waals surface area contributed by atoms with E-state index in [1.807, 2.05) is 18.7 Å². The molecule has 0 N–H and O–H groups in total. The standard InChI is InChI=1S/C18H26N2O2/c1-13(2)18(21)20-10-8-19(9-11-20)17-7-5-14-4-6-15(22-3)12-16(14)17/h4,6,12-13,17H,5,7-11H2,1-3H3/t17-/m1/s1. The number of amides is 1. The van der Waals surface area contributed by atoms with Crippen LogP contribution >= 0.6 is 0 Å². The third kappa shape index (κ3) is 2.84. The van der Waals surface area contributed by atoms with Gasteiger partial charge in [0, 0.05) is 38.1 Å². The SMILES string of the molecule is COc1ccc2c(c1)[C@H](N1CCN(C(=O)C(C)C)CC1)CC2. The molecule has 1 saturated heterocycles. The van der Waals surface area contributed by atoms with Crippen LogP contribution in [-0.2, 0) is 11.2 Å². The van der Waals surface area contributed by atoms with E-state index < -0.39 is 0 Å². The highest BCUT2D eigenvalue weighted by atomic mass is 16.5. The quantitative estimate of drug-likeness (QED) is 0.860. The molecule has 1 aliphatic heterocycles. The Labute approximate surface area is 133 Å². The van der Waals surface area contributed by atoms with E-state index in [4.69, 9.17) is 4.74 Å². The molecule has 4 heteroatoms. The Morgan fingerprint density at radius 2 is 1.95 bits per heavy atom. The van der Waals surface area contributed by atoms with Gasteiger partial charge in [0.05, 0.1) is 7.11 Å². The lowest BCUT2D eigenvalue weighted by molar-refractivity contribution is -0.136. The van der Waals surface area contributed by atoms with Gasteiger partial charge in [-0.25, -0.2) is 0 Å². The van der Waals surface area contributed by atoms with E-state index in [1.165, 1.54) is 17.5 Å². The van der Waals surface area contributed by atoms with Crippen molar-refractivity contribution < 1.29 is 9.53 Å². The normalized spacial score (nSPS) is 22.0. The lowest BCUT2D eigenvalue weighted by atomic mass is 10.1. The molecule has 0 aromatic heterocycles. The van der Waals surface area contributed by atoms with Crippen molar-refractivity contribution in [2.45, 2.75) is 32.7 Å². The molecule has 4 nitrogen and oxygen atoms in total. The lowest BCUT2D eigenvalue weighted by Gasteiger charge is -2.39. The Hall–Kier alpha value is -1.55. The zero-order chi connectivity index (χ0) is 15.7. The summed E-state index contributed by atoms with van der Waals surface area (Å²) >= 11 is 0. The molecule has 1 heterocycles. The largest absolute Gasteiger partial charge is 0.497 e. The van der Waals surface area contributed by atoms with Gasteiger partial charge >= 0.3 is 0 Å². The second-order valence-electron chi connectivity index (χ2n) is 6.64. The van der Waals surface area contributed by atoms with E-state index in [0.29, 0.717) is 6.04 Å². The summed E-state index contributed by atoms with van der Waals surface area (Å²) in [5.74, 6) is 1.33. The molecule has 0 bridgehead atoms. The number of aryl methyl sites for hydroxylation is 1. The summed E-state index contributed by atoms with van der Waals surface area (Å²) in [6.07, 6.45) is 2.33. The zero-order valence-electron chi connectivity index (χ0n) is 13.8. The summed E-state index contributed by atoms with van der Waals surface area (Å²) in [6.45, 7) is 7.61. The van der Waals surface area contributed by atoms with Crippen LogP contribution in [0.1, 0.15) is 37.4 Å². The van der Waals surface area contributed by atoms with Crippen LogP contribution in [0.3, 0.4) is 0 Å². The van der Waals surface area contributed by atoms with Crippen LogP contribution in [0.25, 0.3) is 0 Å². The van der Waals surface area contributed by atoms with Crippen molar-refractivity contribution >= 4 is 5.91 Å². The highest BCUT2D eigenvalue weighted by Gasteiger charge is 2.31. The number of rotatable bonds is 3. The molecule has 120 valence electrons. The minimum atomic E-state index is 0.100. The van der Waals surface area contributed by atoms with Gasteiger partial charge in [0.1, 0.15) is 5.75 Å². The smallest absolute Gasteiger partial charge is 0.225 e. The molecule has 1 fully saturated rings. The summed E-state index contributed by atoms with van der Waals surface area (Å²) in [6, 6.07) is 6.94. The summed E-state index contributed by atoms with van der Waals surface area (Å²) in [5.41, 5.74) is 2.87. The van der Waals surface area contributed by atoms with Gasteiger partial charge in [-0.05, 0) is 36.1 Å². The van der Waals surface area contributed by atoms with Crippen molar-refractivity contribution in [3.8, 4) is 5.75 Å². The number of nitrogens with zero attached hydrogens (tertiary/aromatic N) is 2. The number of hydrogen-bond acceptors (Lipinski definition) is 3. The third-order valence-corrected chi connectivity index (χ3v) is 4.96. The molecule has 0 radical (unpaired) electrons. The highest BCUT2D eigenvalue weighted by Crippen LogP contribution is 2.38. The van der Waals surface area contributed by atoms with E-state index in [1.54, 1.807) is 7.11 Å². The topological polar surface area (TPSA) is 32.8 Å². The number of carbonyl (C=O) groups excluding carboxylic acids is 1. The Balaban J connectivity index is 1.68. The van der Waals surface area contributed by atoms with Crippen LogP contribution in [0.5, 0.6) is 5.75 Å². The fraction of sp³-hybridized carbons (Fsp3) is 0.611. The van der Waals surface area contributed by atoms with Crippen LogP contribution in [-0.4, -0.2) is 49.0 Å². The van der Waals surface area contributed by atoms with Crippen LogP contribution < -0.4 is 4.74 Å². The fourth-order valence-corrected chi connectivity index (χ4v) is 3.68. The first-order valence-corrected chi connectivity index (χ1v) is 8.30. The van der Waals surface area contributed by atoms with Crippen LogP contribution in [0.2, 0.25) is 0 Å². The number of carbonyl (C=O) groups is 1. The monoisotopic (exact) mass is 302 g/mol. The predicted molar refractivity (Wildman–Crippen MR) is 87.0 cm³/mol. The number of piperazine rings is 1. The first-order chi connectivity index (χ1) is 10.6. The lowest BCUT2D eigenvalue weighted by Crippen LogP contribution is -2.50. The van der Waals surface area contributed by atoms with Gasteiger partial charge in [-0.1, -0.05) is 19.9 Å². The van der Waals surface area contributed by atoms with Gasteiger partial charge in [-0.2, -0.15) is 0 Å². The Bertz CT molecular complexity index is 548. The van der Waals surface area contributed by atoms with Crippen molar-refractivity contribution in [2.24, 2.45) is 5.92 Å². The molecule has 3 rings (SSSR count). The van der Waals surface area contributed by atoms with Crippen molar-refractivity contribution in [2.75, 3.05) is 33.3 Å². The van der Waals surface area contributed by atoms with Crippen molar-refractivity contribution in [3.05, 3.63) is 29.3 Å². The summed E-state index contributed by atoms with van der Waals surface area (Å²) in [7, 11) is 1.72. The van der Waals surface area contributed by atoms with Gasteiger partial charge in [0.2, 0.25) is 5.91 Å². The predicted octanol–water partition coefficient (Wildman–Crippen LogP) is 2.48. The average molecular weight is 302 g/mol.